The van der Waals surface area contributed by atoms with Crippen LogP contribution in [0, 0.1) is 33.6 Å². The number of fused-ring (bicyclic) bond motifs is 6. The van der Waals surface area contributed by atoms with Gasteiger partial charge in [0.25, 0.3) is 11.1 Å². The van der Waals surface area contributed by atoms with Crippen LogP contribution in [-0.4, -0.2) is 32.9 Å². The van der Waals surface area contributed by atoms with Gasteiger partial charge in [-0.1, -0.05) is 56.5 Å². The summed E-state index contributed by atoms with van der Waals surface area (Å²) in [4.78, 5) is 26.2. The predicted octanol–water partition coefficient (Wildman–Crippen LogP) is 5.97. The minimum Gasteiger partial charge on any atom is -0.497 e. The number of halogens is 2. The van der Waals surface area contributed by atoms with E-state index in [-0.39, 0.29) is 83.5 Å². The predicted molar refractivity (Wildman–Crippen MR) is 193 cm³/mol. The molecule has 6 aromatic rings. The van der Waals surface area contributed by atoms with Crippen LogP contribution in [0.5, 0.6) is 11.5 Å². The Morgan fingerprint density at radius 1 is 0.792 bits per heavy atom. The molecule has 254 valence electrons. The topological polar surface area (TPSA) is 87.2 Å². The smallest absolute Gasteiger partial charge is 0.497 e. The molecule has 8 nitrogen and oxygen atoms in total. The Hall–Kier alpha value is -1.69. The summed E-state index contributed by atoms with van der Waals surface area (Å²) in [6.07, 6.45) is 1.81. The maximum absolute atomic E-state index is 13.1. The van der Waals surface area contributed by atoms with Gasteiger partial charge < -0.3 is 30.2 Å². The largest absolute Gasteiger partial charge is 1.00 e. The van der Waals surface area contributed by atoms with Gasteiger partial charge in [0.2, 0.25) is 0 Å². The van der Waals surface area contributed by atoms with Crippen molar-refractivity contribution in [2.45, 2.75) is 47.5 Å². The third-order valence-corrected chi connectivity index (χ3v) is 7.04. The van der Waals surface area contributed by atoms with Gasteiger partial charge >= 0.3 is 51.4 Å². The summed E-state index contributed by atoms with van der Waals surface area (Å²) in [5.41, 5.74) is 1.44. The number of hydrogen-bond acceptors (Lipinski definition) is 6. The van der Waals surface area contributed by atoms with Crippen LogP contribution in [0.15, 0.2) is 64.2 Å². The van der Waals surface area contributed by atoms with Crippen molar-refractivity contribution in [1.82, 2.24) is 19.2 Å². The molecular formula is C36H42Cl2KN4O4W-3. The molecule has 0 radical (unpaired) electrons. The van der Waals surface area contributed by atoms with Gasteiger partial charge in [0.15, 0.2) is 0 Å². The van der Waals surface area contributed by atoms with E-state index in [1.165, 1.54) is 0 Å². The van der Waals surface area contributed by atoms with Crippen molar-refractivity contribution in [3.63, 3.8) is 0 Å². The fourth-order valence-electron chi connectivity index (χ4n) is 4.09. The molecule has 0 aliphatic rings. The van der Waals surface area contributed by atoms with Gasteiger partial charge in [-0.05, 0) is 37.3 Å². The first-order valence-corrected chi connectivity index (χ1v) is 15.9. The molecule has 0 unspecified atom stereocenters. The fourth-order valence-corrected chi connectivity index (χ4v) is 4.49. The van der Waals surface area contributed by atoms with Crippen LogP contribution in [0.1, 0.15) is 53.0 Å². The quantitative estimate of drug-likeness (QED) is 0.157. The van der Waals surface area contributed by atoms with Crippen molar-refractivity contribution < 1.29 is 81.9 Å². The van der Waals surface area contributed by atoms with Crippen LogP contribution < -0.4 is 72.0 Å². The first-order valence-electron chi connectivity index (χ1n) is 15.1. The number of hydrogen-bond donors (Lipinski definition) is 0. The summed E-state index contributed by atoms with van der Waals surface area (Å²) >= 11 is 11.3. The van der Waals surface area contributed by atoms with E-state index in [4.69, 9.17) is 32.7 Å². The fraction of sp³-hybridized carbons (Fsp3) is 0.278. The normalized spacial score (nSPS) is 9.92. The number of aromatic nitrogens is 4. The average molecular weight is 889 g/mol. The van der Waals surface area contributed by atoms with Crippen LogP contribution in [0.4, 0.5) is 0 Å². The summed E-state index contributed by atoms with van der Waals surface area (Å²) < 4.78 is 13.0. The van der Waals surface area contributed by atoms with Crippen LogP contribution in [0.3, 0.4) is 0 Å². The average Bonchev–Trinajstić information content (AvgIpc) is 3.67. The monoisotopic (exact) mass is 887 g/mol. The summed E-state index contributed by atoms with van der Waals surface area (Å²) in [6, 6.07) is 15.6. The number of ether oxygens (including phenoxy) is 2. The molecule has 0 saturated heterocycles. The second-order valence-electron chi connectivity index (χ2n) is 9.31. The van der Waals surface area contributed by atoms with Gasteiger partial charge in [-0.2, -0.15) is 49.4 Å². The molecule has 0 amide bonds. The summed E-state index contributed by atoms with van der Waals surface area (Å²) in [7, 11) is 1.55. The van der Waals surface area contributed by atoms with Crippen LogP contribution in [0.25, 0.3) is 32.8 Å². The van der Waals surface area contributed by atoms with E-state index < -0.39 is 11.1 Å². The van der Waals surface area contributed by atoms with Crippen molar-refractivity contribution >= 4 is 56.0 Å². The van der Waals surface area contributed by atoms with E-state index in [1.54, 1.807) is 61.7 Å². The molecule has 0 spiro atoms. The molecule has 12 heteroatoms. The Kier molecular flexibility index (Phi) is 22.1. The SMILES string of the molecule is CC.CC.CCOc1ccc2nn3c(=O)c4c5ccc(OC)cc5nn4c(=O)c3c2c1.[CH2-]CC([CH2-])C[CH2-].[CH2-]c1ccc(Cl)cc1Cl.[K+].[W]. The molecule has 48 heavy (non-hydrogen) atoms. The van der Waals surface area contributed by atoms with Gasteiger partial charge in [0.1, 0.15) is 22.5 Å². The summed E-state index contributed by atoms with van der Waals surface area (Å²) in [5, 5.41) is 11.1. The molecule has 0 aliphatic carbocycles. The van der Waals surface area contributed by atoms with Crippen molar-refractivity contribution in [3.05, 3.63) is 119 Å². The third kappa shape index (κ3) is 11.2. The Labute approximate surface area is 350 Å². The maximum Gasteiger partial charge on any atom is 1.00 e. The van der Waals surface area contributed by atoms with E-state index in [1.807, 2.05) is 34.6 Å². The van der Waals surface area contributed by atoms with Crippen LogP contribution in [-0.2, 0) is 21.1 Å². The van der Waals surface area contributed by atoms with Gasteiger partial charge in [-0.15, -0.1) is 0 Å². The second-order valence-corrected chi connectivity index (χ2v) is 10.1. The maximum atomic E-state index is 13.1. The van der Waals surface area contributed by atoms with Crippen molar-refractivity contribution in [3.8, 4) is 11.5 Å². The minimum atomic E-state index is -0.407. The van der Waals surface area contributed by atoms with Gasteiger partial charge in [0.05, 0.1) is 24.8 Å². The zero-order valence-electron chi connectivity index (χ0n) is 28.8. The van der Waals surface area contributed by atoms with Crippen molar-refractivity contribution in [2.75, 3.05) is 13.7 Å². The Balaban J connectivity index is 0.000000879. The van der Waals surface area contributed by atoms with Gasteiger partial charge in [0, 0.05) is 42.9 Å². The zero-order chi connectivity index (χ0) is 34.6. The first-order chi connectivity index (χ1) is 22.1. The van der Waals surface area contributed by atoms with E-state index in [0.717, 1.165) is 27.4 Å². The number of benzene rings is 3. The number of nitrogens with zero attached hydrogens (tertiary/aromatic N) is 4. The molecule has 0 saturated carbocycles. The molecule has 3 aromatic carbocycles. The minimum absolute atomic E-state index is 0. The van der Waals surface area contributed by atoms with E-state index in [2.05, 4.69) is 37.9 Å². The third-order valence-electron chi connectivity index (χ3n) is 6.45. The molecule has 3 aromatic heterocycles. The molecule has 3 heterocycles. The Bertz CT molecular complexity index is 1980. The molecule has 0 atom stereocenters. The van der Waals surface area contributed by atoms with Crippen molar-refractivity contribution in [1.29, 1.82) is 0 Å². The van der Waals surface area contributed by atoms with Crippen LogP contribution in [0.2, 0.25) is 10.0 Å². The van der Waals surface area contributed by atoms with Gasteiger partial charge in [-0.3, -0.25) is 9.59 Å². The summed E-state index contributed by atoms with van der Waals surface area (Å²) in [5.74, 6) is 1.68. The molecule has 0 bridgehead atoms. The standard InChI is InChI=1S/C19H14N4O4.C7H5Cl2.C6H11.2C2H6.K.W/c1-3-27-11-5-7-14-13(8-11)17-19(25)22-16(18(24)23(17)20-14)12-6-4-10(26-2)9-15(12)21-22;1-5-2-3-6(8)4-7(5)9;1-4-6(3)5-2;2*1-2;;/h4-9H,3H2,1-2H3;2-4H,1H2;6H,1-5H2;2*1-2H3;;/q;-1;-3;;;+1;. The van der Waals surface area contributed by atoms with E-state index in [0.29, 0.717) is 55.9 Å². The number of methoxy groups -OCH3 is 1. The van der Waals surface area contributed by atoms with Crippen LogP contribution >= 0.6 is 23.2 Å². The molecule has 0 aliphatic heterocycles. The van der Waals surface area contributed by atoms with E-state index >= 15 is 0 Å². The molecular weight excluding hydrogens is 846 g/mol. The van der Waals surface area contributed by atoms with Gasteiger partial charge in [-0.25, -0.2) is 18.8 Å². The molecule has 0 N–H and O–H groups in total. The zero-order valence-corrected chi connectivity index (χ0v) is 36.4. The van der Waals surface area contributed by atoms with Crippen molar-refractivity contribution in [2.24, 2.45) is 5.92 Å². The Morgan fingerprint density at radius 2 is 1.33 bits per heavy atom. The summed E-state index contributed by atoms with van der Waals surface area (Å²) in [6.45, 7) is 25.1. The van der Waals surface area contributed by atoms with E-state index in [9.17, 15) is 9.59 Å². The second kappa shape index (κ2) is 22.9. The first kappa shape index (κ1) is 46.3. The molecule has 0 fully saturated rings. The number of rotatable bonds is 5. The molecule has 6 rings (SSSR count). The Morgan fingerprint density at radius 3 is 1.81 bits per heavy atom.